The van der Waals surface area contributed by atoms with Crippen LogP contribution in [0.15, 0.2) is 74.9 Å². The van der Waals surface area contributed by atoms with Crippen molar-refractivity contribution in [3.63, 3.8) is 0 Å². The maximum Gasteiger partial charge on any atom is 0.209 e. The second-order valence-corrected chi connectivity index (χ2v) is 7.58. The molecule has 0 aliphatic carbocycles. The van der Waals surface area contributed by atoms with E-state index in [0.29, 0.717) is 10.2 Å². The van der Waals surface area contributed by atoms with Crippen LogP contribution < -0.4 is 5.32 Å². The van der Waals surface area contributed by atoms with Crippen LogP contribution in [0.25, 0.3) is 10.8 Å². The first-order chi connectivity index (χ1) is 10.6. The molecule has 1 N–H and O–H groups in total. The Morgan fingerprint density at radius 2 is 1.55 bits per heavy atom. The fraction of sp³-hybridized carbons (Fsp3) is 0.0588. The van der Waals surface area contributed by atoms with Gasteiger partial charge in [0, 0.05) is 16.9 Å². The van der Waals surface area contributed by atoms with Crippen LogP contribution in [0.4, 0.5) is 5.69 Å². The minimum atomic E-state index is -3.61. The highest BCUT2D eigenvalue weighted by Gasteiger charge is 2.24. The molecule has 0 bridgehead atoms. The van der Waals surface area contributed by atoms with Gasteiger partial charge >= 0.3 is 0 Å². The molecule has 0 aliphatic rings. The van der Waals surface area contributed by atoms with Gasteiger partial charge in [-0.3, -0.25) is 0 Å². The van der Waals surface area contributed by atoms with Crippen molar-refractivity contribution in [3.8, 4) is 0 Å². The van der Waals surface area contributed by atoms with E-state index in [0.717, 1.165) is 10.8 Å². The Morgan fingerprint density at radius 1 is 0.864 bits per heavy atom. The van der Waals surface area contributed by atoms with Gasteiger partial charge in [-0.2, -0.15) is 0 Å². The summed E-state index contributed by atoms with van der Waals surface area (Å²) in [5.74, 6) is 0. The molecule has 0 heterocycles. The summed E-state index contributed by atoms with van der Waals surface area (Å²) in [5, 5.41) is 4.92. The molecule has 0 saturated carbocycles. The third-order valence-corrected chi connectivity index (χ3v) is 6.36. The monoisotopic (exact) mass is 375 g/mol. The second kappa shape index (κ2) is 5.74. The van der Waals surface area contributed by atoms with Crippen LogP contribution in [0.1, 0.15) is 0 Å². The van der Waals surface area contributed by atoms with Crippen molar-refractivity contribution >= 4 is 42.2 Å². The average molecular weight is 376 g/mol. The summed E-state index contributed by atoms with van der Waals surface area (Å²) < 4.78 is 26.6. The molecule has 112 valence electrons. The predicted octanol–water partition coefficient (Wildman–Crippen LogP) is 4.48. The molecule has 3 rings (SSSR count). The van der Waals surface area contributed by atoms with E-state index >= 15 is 0 Å². The summed E-state index contributed by atoms with van der Waals surface area (Å²) in [5.41, 5.74) is 0.619. The molecule has 0 unspecified atom stereocenters. The van der Waals surface area contributed by atoms with Gasteiger partial charge in [-0.15, -0.1) is 0 Å². The van der Waals surface area contributed by atoms with E-state index in [1.54, 1.807) is 37.4 Å². The molecule has 0 amide bonds. The molecule has 0 atom stereocenters. The van der Waals surface area contributed by atoms with Crippen LogP contribution in [0.5, 0.6) is 0 Å². The zero-order valence-electron chi connectivity index (χ0n) is 11.9. The molecule has 0 saturated heterocycles. The Labute approximate surface area is 138 Å². The topological polar surface area (TPSA) is 46.2 Å². The lowest BCUT2D eigenvalue weighted by molar-refractivity contribution is 0.596. The van der Waals surface area contributed by atoms with Crippen molar-refractivity contribution in [3.05, 3.63) is 65.1 Å². The van der Waals surface area contributed by atoms with E-state index in [4.69, 9.17) is 0 Å². The first-order valence-electron chi connectivity index (χ1n) is 6.75. The van der Waals surface area contributed by atoms with Gasteiger partial charge in [0.25, 0.3) is 0 Å². The maximum absolute atomic E-state index is 13.0. The number of fused-ring (bicyclic) bond motifs is 1. The average Bonchev–Trinajstić information content (AvgIpc) is 2.53. The summed E-state index contributed by atoms with van der Waals surface area (Å²) in [4.78, 5) is 0.544. The number of nitrogens with one attached hydrogen (secondary N) is 1. The van der Waals surface area contributed by atoms with Crippen LogP contribution in [-0.4, -0.2) is 15.5 Å². The SMILES string of the molecule is CNc1c(S(=O)(=O)c2ccccc2Br)ccc2ccccc12. The van der Waals surface area contributed by atoms with Gasteiger partial charge in [0.1, 0.15) is 0 Å². The largest absolute Gasteiger partial charge is 0.387 e. The van der Waals surface area contributed by atoms with Gasteiger partial charge in [-0.25, -0.2) is 8.42 Å². The lowest BCUT2D eigenvalue weighted by Gasteiger charge is -2.14. The Hall–Kier alpha value is -1.85. The van der Waals surface area contributed by atoms with Crippen molar-refractivity contribution < 1.29 is 8.42 Å². The van der Waals surface area contributed by atoms with Crippen molar-refractivity contribution in [2.45, 2.75) is 9.79 Å². The minimum Gasteiger partial charge on any atom is -0.387 e. The van der Waals surface area contributed by atoms with Gasteiger partial charge in [0.2, 0.25) is 9.84 Å². The molecule has 22 heavy (non-hydrogen) atoms. The summed E-state index contributed by atoms with van der Waals surface area (Å²) in [6, 6.07) is 18.1. The zero-order chi connectivity index (χ0) is 15.7. The van der Waals surface area contributed by atoms with Crippen molar-refractivity contribution in [1.82, 2.24) is 0 Å². The Morgan fingerprint density at radius 3 is 2.27 bits per heavy atom. The van der Waals surface area contributed by atoms with Gasteiger partial charge in [0.15, 0.2) is 0 Å². The van der Waals surface area contributed by atoms with Gasteiger partial charge < -0.3 is 5.32 Å². The molecule has 0 fully saturated rings. The first-order valence-corrected chi connectivity index (χ1v) is 9.02. The number of hydrogen-bond acceptors (Lipinski definition) is 3. The molecule has 3 aromatic rings. The molecule has 3 nitrogen and oxygen atoms in total. The van der Waals surface area contributed by atoms with E-state index in [2.05, 4.69) is 21.2 Å². The standard InChI is InChI=1S/C17H14BrNO2S/c1-19-17-13-7-3-2-6-12(13)10-11-16(17)22(20,21)15-9-5-4-8-14(15)18/h2-11,19H,1H3. The molecule has 5 heteroatoms. The Balaban J connectivity index is 2.33. The second-order valence-electron chi connectivity index (χ2n) is 4.84. The highest BCUT2D eigenvalue weighted by molar-refractivity contribution is 9.10. The van der Waals surface area contributed by atoms with Crippen molar-refractivity contribution in [2.75, 3.05) is 12.4 Å². The number of benzene rings is 3. The molecule has 0 radical (unpaired) electrons. The van der Waals surface area contributed by atoms with Crippen molar-refractivity contribution in [1.29, 1.82) is 0 Å². The zero-order valence-corrected chi connectivity index (χ0v) is 14.3. The molecule has 3 aromatic carbocycles. The van der Waals surface area contributed by atoms with E-state index in [-0.39, 0.29) is 9.79 Å². The number of rotatable bonds is 3. The van der Waals surface area contributed by atoms with E-state index in [1.807, 2.05) is 30.3 Å². The lowest BCUT2D eigenvalue weighted by atomic mass is 10.1. The number of hydrogen-bond donors (Lipinski definition) is 1. The Kier molecular flexibility index (Phi) is 3.93. The highest BCUT2D eigenvalue weighted by Crippen LogP contribution is 2.35. The highest BCUT2D eigenvalue weighted by atomic mass is 79.9. The summed E-state index contributed by atoms with van der Waals surface area (Å²) in [6.07, 6.45) is 0. The quantitative estimate of drug-likeness (QED) is 0.733. The number of sulfone groups is 1. The van der Waals surface area contributed by atoms with E-state index in [9.17, 15) is 8.42 Å². The molecule has 0 aromatic heterocycles. The fourth-order valence-corrected chi connectivity index (χ4v) is 4.99. The van der Waals surface area contributed by atoms with Crippen LogP contribution in [0.2, 0.25) is 0 Å². The smallest absolute Gasteiger partial charge is 0.209 e. The molecular formula is C17H14BrNO2S. The van der Waals surface area contributed by atoms with Crippen molar-refractivity contribution in [2.24, 2.45) is 0 Å². The van der Waals surface area contributed by atoms with Crippen LogP contribution in [-0.2, 0) is 9.84 Å². The molecule has 0 aliphatic heterocycles. The predicted molar refractivity (Wildman–Crippen MR) is 93.1 cm³/mol. The van der Waals surface area contributed by atoms with Gasteiger partial charge in [0.05, 0.1) is 15.5 Å². The number of halogens is 1. The van der Waals surface area contributed by atoms with Crippen LogP contribution >= 0.6 is 15.9 Å². The molecular weight excluding hydrogens is 362 g/mol. The normalized spacial score (nSPS) is 11.5. The van der Waals surface area contributed by atoms with Gasteiger partial charge in [-0.1, -0.05) is 42.5 Å². The third kappa shape index (κ3) is 2.40. The van der Waals surface area contributed by atoms with Crippen LogP contribution in [0, 0.1) is 0 Å². The summed E-state index contributed by atoms with van der Waals surface area (Å²) >= 11 is 3.33. The van der Waals surface area contributed by atoms with Gasteiger partial charge in [-0.05, 0) is 39.5 Å². The fourth-order valence-electron chi connectivity index (χ4n) is 2.51. The number of anilines is 1. The summed E-state index contributed by atoms with van der Waals surface area (Å²) in [7, 11) is -1.88. The van der Waals surface area contributed by atoms with E-state index < -0.39 is 9.84 Å². The summed E-state index contributed by atoms with van der Waals surface area (Å²) in [6.45, 7) is 0. The van der Waals surface area contributed by atoms with E-state index in [1.165, 1.54) is 0 Å². The Bertz CT molecular complexity index is 952. The first kappa shape index (κ1) is 15.1. The maximum atomic E-state index is 13.0. The third-order valence-electron chi connectivity index (χ3n) is 3.56. The van der Waals surface area contributed by atoms with Crippen LogP contribution in [0.3, 0.4) is 0 Å². The molecule has 0 spiro atoms. The minimum absolute atomic E-state index is 0.266. The lowest BCUT2D eigenvalue weighted by Crippen LogP contribution is -2.07.